The van der Waals surface area contributed by atoms with Crippen LogP contribution in [0.2, 0.25) is 0 Å². The number of aromatic nitrogens is 1. The van der Waals surface area contributed by atoms with Gasteiger partial charge in [-0.05, 0) is 56.2 Å². The molecule has 3 aromatic rings. The largest absolute Gasteiger partial charge is 0.466 e. The highest BCUT2D eigenvalue weighted by molar-refractivity contribution is 7.90. The SMILES string of the molecule is CCOC(=O)C(C)c1c(-c2ccccc2)c(S(C)(=O)=O)n(-c2ccc(F)cc2)c1C. The van der Waals surface area contributed by atoms with Crippen molar-refractivity contribution in [2.45, 2.75) is 31.7 Å². The number of sulfone groups is 1. The number of rotatable bonds is 6. The molecule has 0 saturated heterocycles. The summed E-state index contributed by atoms with van der Waals surface area (Å²) in [6.07, 6.45) is 1.13. The molecule has 0 saturated carbocycles. The van der Waals surface area contributed by atoms with Crippen molar-refractivity contribution in [3.8, 4) is 16.8 Å². The lowest BCUT2D eigenvalue weighted by Crippen LogP contribution is -2.14. The first-order chi connectivity index (χ1) is 14.2. The van der Waals surface area contributed by atoms with Gasteiger partial charge in [0.05, 0.1) is 12.5 Å². The van der Waals surface area contributed by atoms with Crippen molar-refractivity contribution in [2.24, 2.45) is 0 Å². The van der Waals surface area contributed by atoms with E-state index < -0.39 is 27.5 Å². The molecule has 0 aliphatic heterocycles. The summed E-state index contributed by atoms with van der Waals surface area (Å²) in [5.41, 5.74) is 2.79. The summed E-state index contributed by atoms with van der Waals surface area (Å²) in [7, 11) is -3.73. The van der Waals surface area contributed by atoms with Crippen LogP contribution in [0.5, 0.6) is 0 Å². The van der Waals surface area contributed by atoms with Gasteiger partial charge >= 0.3 is 5.97 Å². The van der Waals surface area contributed by atoms with Crippen molar-refractivity contribution in [3.63, 3.8) is 0 Å². The fourth-order valence-corrected chi connectivity index (χ4v) is 4.90. The summed E-state index contributed by atoms with van der Waals surface area (Å²) in [6.45, 7) is 5.41. The van der Waals surface area contributed by atoms with Crippen molar-refractivity contribution in [1.29, 1.82) is 0 Å². The van der Waals surface area contributed by atoms with Gasteiger partial charge in [0.2, 0.25) is 0 Å². The van der Waals surface area contributed by atoms with E-state index in [1.54, 1.807) is 37.5 Å². The smallest absolute Gasteiger partial charge is 0.313 e. The van der Waals surface area contributed by atoms with Crippen LogP contribution in [0.3, 0.4) is 0 Å². The second kappa shape index (κ2) is 8.44. The zero-order chi connectivity index (χ0) is 22.1. The Labute approximate surface area is 176 Å². The molecule has 0 N–H and O–H groups in total. The molecule has 1 unspecified atom stereocenters. The van der Waals surface area contributed by atoms with Crippen LogP contribution >= 0.6 is 0 Å². The van der Waals surface area contributed by atoms with E-state index in [2.05, 4.69) is 0 Å². The molecule has 3 rings (SSSR count). The minimum absolute atomic E-state index is 0.0592. The maximum atomic E-state index is 13.5. The van der Waals surface area contributed by atoms with Crippen LogP contribution in [0.25, 0.3) is 16.8 Å². The molecule has 0 aliphatic rings. The van der Waals surface area contributed by atoms with E-state index >= 15 is 0 Å². The summed E-state index contributed by atoms with van der Waals surface area (Å²) in [5.74, 6) is -1.55. The Morgan fingerprint density at radius 3 is 2.23 bits per heavy atom. The Balaban J connectivity index is 2.45. The van der Waals surface area contributed by atoms with E-state index in [4.69, 9.17) is 4.74 Å². The lowest BCUT2D eigenvalue weighted by molar-refractivity contribution is -0.144. The first kappa shape index (κ1) is 21.8. The third kappa shape index (κ3) is 4.03. The number of hydrogen-bond acceptors (Lipinski definition) is 4. The minimum atomic E-state index is -3.73. The molecule has 0 spiro atoms. The fourth-order valence-electron chi connectivity index (χ4n) is 3.73. The number of carbonyl (C=O) groups is 1. The number of ether oxygens (including phenoxy) is 1. The van der Waals surface area contributed by atoms with Gasteiger partial charge in [-0.25, -0.2) is 12.8 Å². The first-order valence-electron chi connectivity index (χ1n) is 9.60. The third-order valence-electron chi connectivity index (χ3n) is 4.98. The van der Waals surface area contributed by atoms with Crippen LogP contribution in [0, 0.1) is 12.7 Å². The zero-order valence-electron chi connectivity index (χ0n) is 17.3. The Kier molecular flexibility index (Phi) is 6.12. The average molecular weight is 430 g/mol. The maximum absolute atomic E-state index is 13.5. The van der Waals surface area contributed by atoms with Gasteiger partial charge in [0, 0.05) is 23.2 Å². The molecule has 1 atom stereocenters. The standard InChI is InChI=1S/C23H24FNO4S/c1-5-29-23(26)15(2)20-16(3)25(19-13-11-18(24)12-14-19)22(30(4,27)28)21(20)17-9-7-6-8-10-17/h6-15H,5H2,1-4H3. The molecule has 0 bridgehead atoms. The number of carbonyl (C=O) groups excluding carboxylic acids is 1. The van der Waals surface area contributed by atoms with E-state index in [0.717, 1.165) is 6.26 Å². The summed E-state index contributed by atoms with van der Waals surface area (Å²) >= 11 is 0. The van der Waals surface area contributed by atoms with Gasteiger partial charge in [0.1, 0.15) is 10.8 Å². The predicted octanol–water partition coefficient (Wildman–Crippen LogP) is 4.66. The molecule has 0 fully saturated rings. The monoisotopic (exact) mass is 429 g/mol. The minimum Gasteiger partial charge on any atom is -0.466 e. The Morgan fingerprint density at radius 2 is 1.70 bits per heavy atom. The van der Waals surface area contributed by atoms with Crippen LogP contribution in [-0.2, 0) is 19.4 Å². The van der Waals surface area contributed by atoms with Crippen LogP contribution in [-0.4, -0.2) is 31.8 Å². The zero-order valence-corrected chi connectivity index (χ0v) is 18.2. The van der Waals surface area contributed by atoms with Gasteiger partial charge in [-0.1, -0.05) is 30.3 Å². The van der Waals surface area contributed by atoms with E-state index in [1.165, 1.54) is 24.3 Å². The topological polar surface area (TPSA) is 65.4 Å². The number of benzene rings is 2. The number of esters is 1. The molecular formula is C23H24FNO4S. The molecule has 5 nitrogen and oxygen atoms in total. The van der Waals surface area contributed by atoms with Gasteiger partial charge in [-0.3, -0.25) is 4.79 Å². The Hall–Kier alpha value is -2.93. The summed E-state index contributed by atoms with van der Waals surface area (Å²) in [4.78, 5) is 12.6. The van der Waals surface area contributed by atoms with Crippen LogP contribution < -0.4 is 0 Å². The van der Waals surface area contributed by atoms with E-state index in [0.29, 0.717) is 28.1 Å². The molecular weight excluding hydrogens is 405 g/mol. The highest BCUT2D eigenvalue weighted by atomic mass is 32.2. The van der Waals surface area contributed by atoms with Crippen molar-refractivity contribution in [1.82, 2.24) is 4.57 Å². The number of halogens is 1. The van der Waals surface area contributed by atoms with Crippen molar-refractivity contribution < 1.29 is 22.3 Å². The van der Waals surface area contributed by atoms with E-state index in [-0.39, 0.29) is 11.6 Å². The van der Waals surface area contributed by atoms with Crippen LogP contribution in [0.4, 0.5) is 4.39 Å². The second-order valence-electron chi connectivity index (χ2n) is 7.10. The second-order valence-corrected chi connectivity index (χ2v) is 9.03. The fraction of sp³-hybridized carbons (Fsp3) is 0.261. The van der Waals surface area contributed by atoms with Crippen LogP contribution in [0.15, 0.2) is 59.6 Å². The van der Waals surface area contributed by atoms with Crippen molar-refractivity contribution >= 4 is 15.8 Å². The quantitative estimate of drug-likeness (QED) is 0.535. The summed E-state index contributed by atoms with van der Waals surface area (Å²) in [5, 5.41) is 0.0592. The number of nitrogens with zero attached hydrogens (tertiary/aromatic N) is 1. The van der Waals surface area contributed by atoms with Crippen molar-refractivity contribution in [2.75, 3.05) is 12.9 Å². The normalized spacial score (nSPS) is 12.6. The predicted molar refractivity (Wildman–Crippen MR) is 114 cm³/mol. The van der Waals surface area contributed by atoms with Gasteiger partial charge in [-0.15, -0.1) is 0 Å². The maximum Gasteiger partial charge on any atom is 0.313 e. The molecule has 158 valence electrons. The van der Waals surface area contributed by atoms with Crippen LogP contribution in [0.1, 0.15) is 31.0 Å². The molecule has 1 aromatic heterocycles. The molecule has 0 amide bonds. The lowest BCUT2D eigenvalue weighted by atomic mass is 9.93. The Bertz CT molecular complexity index is 1170. The van der Waals surface area contributed by atoms with E-state index in [9.17, 15) is 17.6 Å². The lowest BCUT2D eigenvalue weighted by Gasteiger charge is -2.14. The molecule has 2 aromatic carbocycles. The third-order valence-corrected chi connectivity index (χ3v) is 6.07. The van der Waals surface area contributed by atoms with E-state index in [1.807, 2.05) is 18.2 Å². The summed E-state index contributed by atoms with van der Waals surface area (Å²) < 4.78 is 46.2. The van der Waals surface area contributed by atoms with Gasteiger partial charge in [0.15, 0.2) is 9.84 Å². The molecule has 30 heavy (non-hydrogen) atoms. The molecule has 0 radical (unpaired) electrons. The highest BCUT2D eigenvalue weighted by Gasteiger charge is 2.33. The summed E-state index contributed by atoms with van der Waals surface area (Å²) in [6, 6.07) is 14.7. The first-order valence-corrected chi connectivity index (χ1v) is 11.5. The Morgan fingerprint density at radius 1 is 1.10 bits per heavy atom. The highest BCUT2D eigenvalue weighted by Crippen LogP contribution is 2.41. The molecule has 7 heteroatoms. The molecule has 1 heterocycles. The average Bonchev–Trinajstić information content (AvgIpc) is 3.02. The van der Waals surface area contributed by atoms with Gasteiger partial charge < -0.3 is 9.30 Å². The van der Waals surface area contributed by atoms with Gasteiger partial charge in [-0.2, -0.15) is 0 Å². The van der Waals surface area contributed by atoms with Crippen molar-refractivity contribution in [3.05, 3.63) is 71.7 Å². The molecule has 0 aliphatic carbocycles. The van der Waals surface area contributed by atoms with Gasteiger partial charge in [0.25, 0.3) is 0 Å². The number of hydrogen-bond donors (Lipinski definition) is 0.